The normalized spacial score (nSPS) is 15.6. The average Bonchev–Trinajstić information content (AvgIpc) is 2.96. The van der Waals surface area contributed by atoms with Gasteiger partial charge in [0, 0.05) is 30.6 Å². The Kier molecular flexibility index (Phi) is 2.24. The highest BCUT2D eigenvalue weighted by atomic mass is 16.6. The SMILES string of the molecule is O=[N+]([O-])c1cccc2cc(N3CCCC3)oc12. The number of anilines is 1. The molecule has 17 heavy (non-hydrogen) atoms. The summed E-state index contributed by atoms with van der Waals surface area (Å²) >= 11 is 0. The predicted octanol–water partition coefficient (Wildman–Crippen LogP) is 2.94. The fourth-order valence-corrected chi connectivity index (χ4v) is 2.27. The summed E-state index contributed by atoms with van der Waals surface area (Å²) in [7, 11) is 0. The average molecular weight is 232 g/mol. The van der Waals surface area contributed by atoms with Gasteiger partial charge in [0.05, 0.1) is 4.92 Å². The third-order valence-electron chi connectivity index (χ3n) is 3.12. The van der Waals surface area contributed by atoms with E-state index in [1.807, 2.05) is 12.1 Å². The fourth-order valence-electron chi connectivity index (χ4n) is 2.27. The molecule has 0 unspecified atom stereocenters. The van der Waals surface area contributed by atoms with Crippen molar-refractivity contribution < 1.29 is 9.34 Å². The third-order valence-corrected chi connectivity index (χ3v) is 3.12. The molecule has 1 aromatic heterocycles. The number of non-ortho nitro benzene ring substituents is 1. The topological polar surface area (TPSA) is 59.5 Å². The fraction of sp³-hybridized carbons (Fsp3) is 0.333. The van der Waals surface area contributed by atoms with Gasteiger partial charge in [-0.1, -0.05) is 12.1 Å². The van der Waals surface area contributed by atoms with Crippen LogP contribution in [0.5, 0.6) is 0 Å². The number of benzene rings is 1. The summed E-state index contributed by atoms with van der Waals surface area (Å²) in [5.41, 5.74) is 0.410. The van der Waals surface area contributed by atoms with Crippen LogP contribution in [0.2, 0.25) is 0 Å². The molecule has 5 heteroatoms. The molecule has 88 valence electrons. The Labute approximate surface area is 97.8 Å². The van der Waals surface area contributed by atoms with E-state index in [9.17, 15) is 10.1 Å². The monoisotopic (exact) mass is 232 g/mol. The molecule has 1 aromatic carbocycles. The second-order valence-electron chi connectivity index (χ2n) is 4.23. The number of nitro groups is 1. The molecule has 0 atom stereocenters. The maximum atomic E-state index is 10.9. The maximum absolute atomic E-state index is 10.9. The Bertz CT molecular complexity index is 570. The van der Waals surface area contributed by atoms with E-state index in [0.29, 0.717) is 5.58 Å². The van der Waals surface area contributed by atoms with Crippen molar-refractivity contribution in [3.8, 4) is 0 Å². The number of fused-ring (bicyclic) bond motifs is 1. The van der Waals surface area contributed by atoms with E-state index in [0.717, 1.165) is 37.2 Å². The van der Waals surface area contributed by atoms with Gasteiger partial charge in [-0.05, 0) is 12.8 Å². The van der Waals surface area contributed by atoms with Gasteiger partial charge >= 0.3 is 5.69 Å². The summed E-state index contributed by atoms with van der Waals surface area (Å²) in [5.74, 6) is 0.742. The van der Waals surface area contributed by atoms with Crippen molar-refractivity contribution in [3.63, 3.8) is 0 Å². The molecule has 5 nitrogen and oxygen atoms in total. The zero-order chi connectivity index (χ0) is 11.8. The van der Waals surface area contributed by atoms with Crippen LogP contribution in [0.15, 0.2) is 28.7 Å². The van der Waals surface area contributed by atoms with Crippen LogP contribution in [-0.4, -0.2) is 18.0 Å². The van der Waals surface area contributed by atoms with E-state index in [-0.39, 0.29) is 5.69 Å². The van der Waals surface area contributed by atoms with Gasteiger partial charge in [0.15, 0.2) is 5.88 Å². The number of hydrogen-bond acceptors (Lipinski definition) is 4. The molecule has 0 N–H and O–H groups in total. The maximum Gasteiger partial charge on any atom is 0.312 e. The number of nitrogens with zero attached hydrogens (tertiary/aromatic N) is 2. The van der Waals surface area contributed by atoms with Crippen molar-refractivity contribution in [1.29, 1.82) is 0 Å². The van der Waals surface area contributed by atoms with Crippen molar-refractivity contribution in [2.75, 3.05) is 18.0 Å². The molecule has 0 aliphatic carbocycles. The first kappa shape index (κ1) is 10.1. The summed E-state index contributed by atoms with van der Waals surface area (Å²) in [6, 6.07) is 6.88. The molecular weight excluding hydrogens is 220 g/mol. The lowest BCUT2D eigenvalue weighted by atomic mass is 10.2. The van der Waals surface area contributed by atoms with Gasteiger partial charge in [0.1, 0.15) is 0 Å². The molecular formula is C12H12N2O3. The molecule has 0 bridgehead atoms. The Morgan fingerprint density at radius 1 is 1.29 bits per heavy atom. The molecule has 1 saturated heterocycles. The molecule has 2 heterocycles. The highest BCUT2D eigenvalue weighted by molar-refractivity contribution is 5.88. The first-order chi connectivity index (χ1) is 8.25. The lowest BCUT2D eigenvalue weighted by molar-refractivity contribution is -0.383. The minimum atomic E-state index is -0.403. The number of furan rings is 1. The molecule has 0 radical (unpaired) electrons. The van der Waals surface area contributed by atoms with E-state index >= 15 is 0 Å². The molecule has 0 amide bonds. The summed E-state index contributed by atoms with van der Waals surface area (Å²) in [6.07, 6.45) is 2.30. The zero-order valence-corrected chi connectivity index (χ0v) is 9.26. The summed E-state index contributed by atoms with van der Waals surface area (Å²) < 4.78 is 5.63. The van der Waals surface area contributed by atoms with Gasteiger partial charge in [-0.15, -0.1) is 0 Å². The molecule has 0 spiro atoms. The molecule has 2 aromatic rings. The van der Waals surface area contributed by atoms with Gasteiger partial charge in [-0.25, -0.2) is 0 Å². The number of para-hydroxylation sites is 1. The van der Waals surface area contributed by atoms with Crippen molar-refractivity contribution in [2.24, 2.45) is 0 Å². The second kappa shape index (κ2) is 3.76. The molecule has 1 aliphatic rings. The van der Waals surface area contributed by atoms with Gasteiger partial charge in [0.25, 0.3) is 0 Å². The van der Waals surface area contributed by atoms with E-state index in [1.165, 1.54) is 6.07 Å². The quantitative estimate of drug-likeness (QED) is 0.590. The first-order valence-corrected chi connectivity index (χ1v) is 5.67. The molecule has 1 aliphatic heterocycles. The predicted molar refractivity (Wildman–Crippen MR) is 64.3 cm³/mol. The van der Waals surface area contributed by atoms with Crippen LogP contribution in [0.3, 0.4) is 0 Å². The largest absolute Gasteiger partial charge is 0.433 e. The van der Waals surface area contributed by atoms with E-state index < -0.39 is 4.92 Å². The van der Waals surface area contributed by atoms with Crippen molar-refractivity contribution in [1.82, 2.24) is 0 Å². The van der Waals surface area contributed by atoms with Crippen molar-refractivity contribution in [3.05, 3.63) is 34.4 Å². The number of rotatable bonds is 2. The molecule has 0 saturated carbocycles. The van der Waals surface area contributed by atoms with Crippen LogP contribution in [-0.2, 0) is 0 Å². The number of nitro benzene ring substituents is 1. The number of hydrogen-bond donors (Lipinski definition) is 0. The standard InChI is InChI=1S/C12H12N2O3/c15-14(16)10-5-3-4-9-8-11(17-12(9)10)13-6-1-2-7-13/h3-5,8H,1-2,6-7H2. The zero-order valence-electron chi connectivity index (χ0n) is 9.26. The van der Waals surface area contributed by atoms with Crippen LogP contribution < -0.4 is 4.90 Å². The van der Waals surface area contributed by atoms with Gasteiger partial charge in [0.2, 0.25) is 5.58 Å². The van der Waals surface area contributed by atoms with Crippen LogP contribution >= 0.6 is 0 Å². The molecule has 1 fully saturated rings. The van der Waals surface area contributed by atoms with Gasteiger partial charge in [-0.2, -0.15) is 0 Å². The van der Waals surface area contributed by atoms with Crippen molar-refractivity contribution in [2.45, 2.75) is 12.8 Å². The second-order valence-corrected chi connectivity index (χ2v) is 4.23. The van der Waals surface area contributed by atoms with Gasteiger partial charge < -0.3 is 9.32 Å². The Morgan fingerprint density at radius 3 is 2.76 bits per heavy atom. The Morgan fingerprint density at radius 2 is 2.06 bits per heavy atom. The smallest absolute Gasteiger partial charge is 0.312 e. The van der Waals surface area contributed by atoms with Gasteiger partial charge in [-0.3, -0.25) is 10.1 Å². The van der Waals surface area contributed by atoms with Crippen LogP contribution in [0.25, 0.3) is 11.0 Å². The lowest BCUT2D eigenvalue weighted by Gasteiger charge is -2.12. The van der Waals surface area contributed by atoms with Crippen LogP contribution in [0, 0.1) is 10.1 Å². The summed E-state index contributed by atoms with van der Waals surface area (Å²) in [4.78, 5) is 12.6. The highest BCUT2D eigenvalue weighted by Gasteiger charge is 2.20. The third kappa shape index (κ3) is 1.63. The Balaban J connectivity index is 2.11. The Hall–Kier alpha value is -2.04. The summed E-state index contributed by atoms with van der Waals surface area (Å²) in [6.45, 7) is 1.93. The van der Waals surface area contributed by atoms with E-state index in [2.05, 4.69) is 4.90 Å². The van der Waals surface area contributed by atoms with Crippen LogP contribution in [0.4, 0.5) is 11.6 Å². The minimum Gasteiger partial charge on any atom is -0.433 e. The summed E-state index contributed by atoms with van der Waals surface area (Å²) in [5, 5.41) is 11.7. The van der Waals surface area contributed by atoms with E-state index in [1.54, 1.807) is 6.07 Å². The minimum absolute atomic E-state index is 0.0351. The lowest BCUT2D eigenvalue weighted by Crippen LogP contribution is -2.16. The molecule has 3 rings (SSSR count). The van der Waals surface area contributed by atoms with E-state index in [4.69, 9.17) is 4.42 Å². The highest BCUT2D eigenvalue weighted by Crippen LogP contribution is 2.33. The van der Waals surface area contributed by atoms with Crippen molar-refractivity contribution >= 4 is 22.5 Å². The first-order valence-electron chi connectivity index (χ1n) is 5.67. The van der Waals surface area contributed by atoms with Crippen LogP contribution in [0.1, 0.15) is 12.8 Å².